The highest BCUT2D eigenvalue weighted by Gasteiger charge is 2.32. The minimum atomic E-state index is -4.49. The summed E-state index contributed by atoms with van der Waals surface area (Å²) in [7, 11) is 0. The molecule has 0 fully saturated rings. The maximum atomic E-state index is 12.9. The highest BCUT2D eigenvalue weighted by molar-refractivity contribution is 5.70. The number of halogens is 3. The summed E-state index contributed by atoms with van der Waals surface area (Å²) in [6.45, 7) is 3.97. The van der Waals surface area contributed by atoms with Crippen molar-refractivity contribution in [1.82, 2.24) is 9.97 Å². The van der Waals surface area contributed by atoms with Gasteiger partial charge in [0.05, 0.1) is 5.69 Å². The Morgan fingerprint density at radius 1 is 0.852 bits per heavy atom. The summed E-state index contributed by atoms with van der Waals surface area (Å²) in [5.74, 6) is 0.742. The average Bonchev–Trinajstić information content (AvgIpc) is 2.61. The van der Waals surface area contributed by atoms with E-state index in [2.05, 4.69) is 20.6 Å². The largest absolute Gasteiger partial charge is 0.433 e. The number of rotatable bonds is 5. The zero-order chi connectivity index (χ0) is 19.4. The molecule has 0 radical (unpaired) electrons. The fourth-order valence-corrected chi connectivity index (χ4v) is 2.54. The summed E-state index contributed by atoms with van der Waals surface area (Å²) in [5, 5.41) is 6.17. The van der Waals surface area contributed by atoms with Crippen molar-refractivity contribution in [2.75, 3.05) is 10.6 Å². The third kappa shape index (κ3) is 4.97. The number of nitrogens with one attached hydrogen (secondary N) is 2. The van der Waals surface area contributed by atoms with Crippen LogP contribution in [0.4, 0.5) is 30.5 Å². The molecule has 7 heteroatoms. The van der Waals surface area contributed by atoms with Crippen molar-refractivity contribution in [2.24, 2.45) is 0 Å². The molecule has 1 aromatic carbocycles. The first-order valence-electron chi connectivity index (χ1n) is 8.46. The van der Waals surface area contributed by atoms with Crippen LogP contribution in [0.2, 0.25) is 0 Å². The van der Waals surface area contributed by atoms with Crippen molar-refractivity contribution in [1.29, 1.82) is 0 Å². The van der Waals surface area contributed by atoms with Crippen LogP contribution in [-0.2, 0) is 6.18 Å². The van der Waals surface area contributed by atoms with Gasteiger partial charge in [0.25, 0.3) is 0 Å². The second kappa shape index (κ2) is 7.65. The van der Waals surface area contributed by atoms with Gasteiger partial charge in [-0.05, 0) is 32.0 Å². The molecule has 2 N–H and O–H groups in total. The molecule has 3 rings (SSSR count). The van der Waals surface area contributed by atoms with E-state index in [1.807, 2.05) is 44.2 Å². The predicted molar refractivity (Wildman–Crippen MR) is 101 cm³/mol. The number of nitrogens with zero attached hydrogens (tertiary/aromatic N) is 2. The van der Waals surface area contributed by atoms with Crippen LogP contribution in [0, 0.1) is 0 Å². The first kappa shape index (κ1) is 18.7. The molecule has 4 nitrogen and oxygen atoms in total. The van der Waals surface area contributed by atoms with E-state index in [1.54, 1.807) is 12.1 Å². The molecule has 0 amide bonds. The van der Waals surface area contributed by atoms with Crippen LogP contribution in [0.3, 0.4) is 0 Å². The van der Waals surface area contributed by atoms with Gasteiger partial charge < -0.3 is 10.6 Å². The molecule has 0 spiro atoms. The second-order valence-corrected chi connectivity index (χ2v) is 6.32. The van der Waals surface area contributed by atoms with Crippen molar-refractivity contribution in [3.05, 3.63) is 66.4 Å². The van der Waals surface area contributed by atoms with Crippen LogP contribution in [0.1, 0.15) is 19.5 Å². The van der Waals surface area contributed by atoms with Crippen LogP contribution in [0.25, 0.3) is 11.3 Å². The average molecular weight is 372 g/mol. The van der Waals surface area contributed by atoms with Gasteiger partial charge in [0, 0.05) is 23.4 Å². The van der Waals surface area contributed by atoms with Gasteiger partial charge >= 0.3 is 6.18 Å². The summed E-state index contributed by atoms with van der Waals surface area (Å²) in [4.78, 5) is 8.25. The van der Waals surface area contributed by atoms with Gasteiger partial charge in [-0.1, -0.05) is 36.4 Å². The molecule has 2 heterocycles. The smallest absolute Gasteiger partial charge is 0.368 e. The van der Waals surface area contributed by atoms with Gasteiger partial charge in [0.1, 0.15) is 17.3 Å². The Morgan fingerprint density at radius 3 is 2.26 bits per heavy atom. The van der Waals surface area contributed by atoms with Crippen molar-refractivity contribution in [3.63, 3.8) is 0 Å². The zero-order valence-electron chi connectivity index (χ0n) is 14.9. The minimum absolute atomic E-state index is 0.116. The van der Waals surface area contributed by atoms with E-state index in [4.69, 9.17) is 0 Å². The molecule has 27 heavy (non-hydrogen) atoms. The number of benzene rings is 1. The molecule has 0 aliphatic carbocycles. The minimum Gasteiger partial charge on any atom is -0.368 e. The number of anilines is 3. The maximum absolute atomic E-state index is 12.9. The van der Waals surface area contributed by atoms with E-state index in [9.17, 15) is 13.2 Å². The Bertz CT molecular complexity index is 909. The third-order valence-electron chi connectivity index (χ3n) is 3.64. The molecular formula is C20H19F3N4. The van der Waals surface area contributed by atoms with Crippen LogP contribution in [0.5, 0.6) is 0 Å². The summed E-state index contributed by atoms with van der Waals surface area (Å²) < 4.78 is 38.7. The Morgan fingerprint density at radius 2 is 1.59 bits per heavy atom. The van der Waals surface area contributed by atoms with E-state index in [0.717, 1.165) is 11.6 Å². The van der Waals surface area contributed by atoms with E-state index < -0.39 is 11.9 Å². The molecule has 0 atom stereocenters. The maximum Gasteiger partial charge on any atom is 0.433 e. The first-order valence-corrected chi connectivity index (χ1v) is 8.46. The molecule has 3 aromatic rings. The lowest BCUT2D eigenvalue weighted by Gasteiger charge is -2.14. The fourth-order valence-electron chi connectivity index (χ4n) is 2.54. The zero-order valence-corrected chi connectivity index (χ0v) is 14.9. The van der Waals surface area contributed by atoms with Crippen LogP contribution < -0.4 is 10.6 Å². The van der Waals surface area contributed by atoms with Crippen molar-refractivity contribution in [3.8, 4) is 11.3 Å². The predicted octanol–water partition coefficient (Wildman–Crippen LogP) is 5.73. The highest BCUT2D eigenvalue weighted by atomic mass is 19.4. The standard InChI is InChI=1S/C20H19F3N4/c1-13(2)24-19-12-15(11-16(26-19)14-7-4-3-5-8-14)25-18-10-6-9-17(27-18)20(21,22)23/h3-13H,1-2H3,(H2,24,25,26,27). The van der Waals surface area contributed by atoms with E-state index in [-0.39, 0.29) is 11.9 Å². The number of pyridine rings is 2. The first-order chi connectivity index (χ1) is 12.8. The SMILES string of the molecule is CC(C)Nc1cc(Nc2cccc(C(F)(F)F)n2)cc(-c2ccccc2)n1. The van der Waals surface area contributed by atoms with E-state index >= 15 is 0 Å². The summed E-state index contributed by atoms with van der Waals surface area (Å²) in [5.41, 5.74) is 1.27. The van der Waals surface area contributed by atoms with Crippen molar-refractivity contribution in [2.45, 2.75) is 26.1 Å². The molecule has 0 bridgehead atoms. The topological polar surface area (TPSA) is 49.8 Å². The number of hydrogen-bond donors (Lipinski definition) is 2. The van der Waals surface area contributed by atoms with Gasteiger partial charge in [-0.15, -0.1) is 0 Å². The quantitative estimate of drug-likeness (QED) is 0.601. The number of aromatic nitrogens is 2. The molecule has 2 aromatic heterocycles. The monoisotopic (exact) mass is 372 g/mol. The lowest BCUT2D eigenvalue weighted by molar-refractivity contribution is -0.141. The number of hydrogen-bond acceptors (Lipinski definition) is 4. The summed E-state index contributed by atoms with van der Waals surface area (Å²) in [6.07, 6.45) is -4.49. The number of alkyl halides is 3. The van der Waals surface area contributed by atoms with Crippen molar-refractivity contribution >= 4 is 17.3 Å². The van der Waals surface area contributed by atoms with Crippen LogP contribution in [-0.4, -0.2) is 16.0 Å². The molecule has 0 unspecified atom stereocenters. The third-order valence-corrected chi connectivity index (χ3v) is 3.64. The summed E-state index contributed by atoms with van der Waals surface area (Å²) >= 11 is 0. The Hall–Kier alpha value is -3.09. The lowest BCUT2D eigenvalue weighted by Crippen LogP contribution is -2.12. The molecule has 0 saturated carbocycles. The molecular weight excluding hydrogens is 353 g/mol. The van der Waals surface area contributed by atoms with Gasteiger partial charge in [0.15, 0.2) is 0 Å². The van der Waals surface area contributed by atoms with E-state index in [0.29, 0.717) is 17.2 Å². The lowest BCUT2D eigenvalue weighted by atomic mass is 10.1. The van der Waals surface area contributed by atoms with Gasteiger partial charge in [0.2, 0.25) is 0 Å². The second-order valence-electron chi connectivity index (χ2n) is 6.32. The highest BCUT2D eigenvalue weighted by Crippen LogP contribution is 2.30. The molecule has 0 aliphatic rings. The normalized spacial score (nSPS) is 11.5. The van der Waals surface area contributed by atoms with E-state index in [1.165, 1.54) is 12.1 Å². The Labute approximate surface area is 155 Å². The summed E-state index contributed by atoms with van der Waals surface area (Å²) in [6, 6.07) is 17.0. The van der Waals surface area contributed by atoms with Gasteiger partial charge in [-0.3, -0.25) is 0 Å². The van der Waals surface area contributed by atoms with Crippen LogP contribution in [0.15, 0.2) is 60.7 Å². The Kier molecular flexibility index (Phi) is 5.30. The fraction of sp³-hybridized carbons (Fsp3) is 0.200. The molecule has 0 saturated heterocycles. The van der Waals surface area contributed by atoms with Crippen LogP contribution >= 0.6 is 0 Å². The van der Waals surface area contributed by atoms with Gasteiger partial charge in [-0.25, -0.2) is 9.97 Å². The van der Waals surface area contributed by atoms with Gasteiger partial charge in [-0.2, -0.15) is 13.2 Å². The van der Waals surface area contributed by atoms with Crippen molar-refractivity contribution < 1.29 is 13.2 Å². The molecule has 0 aliphatic heterocycles. The Balaban J connectivity index is 1.97. The molecule has 140 valence electrons.